The minimum Gasteiger partial charge on any atom is -0.496 e. The molecule has 0 aromatic heterocycles. The van der Waals surface area contributed by atoms with Gasteiger partial charge in [0.15, 0.2) is 0 Å². The Morgan fingerprint density at radius 2 is 1.81 bits per heavy atom. The number of ether oxygens (including phenoxy) is 2. The fourth-order valence-corrected chi connectivity index (χ4v) is 4.52. The van der Waals surface area contributed by atoms with E-state index in [4.69, 9.17) is 9.47 Å². The zero-order chi connectivity index (χ0) is 22.5. The van der Waals surface area contributed by atoms with Gasteiger partial charge in [-0.3, -0.25) is 4.79 Å². The second-order valence-corrected chi connectivity index (χ2v) is 9.72. The molecule has 0 saturated carbocycles. The van der Waals surface area contributed by atoms with Crippen molar-refractivity contribution in [3.8, 4) is 5.75 Å². The number of carbonyl (C=O) groups is 2. The minimum absolute atomic E-state index is 0.00711. The van der Waals surface area contributed by atoms with Gasteiger partial charge in [-0.05, 0) is 58.4 Å². The van der Waals surface area contributed by atoms with Crippen molar-refractivity contribution >= 4 is 11.9 Å². The molecule has 0 spiro atoms. The summed E-state index contributed by atoms with van der Waals surface area (Å²) in [5.41, 5.74) is 0.0725. The molecule has 3 amide bonds. The molecule has 3 rings (SSSR count). The first-order valence-corrected chi connectivity index (χ1v) is 11.3. The molecule has 0 bridgehead atoms. The van der Waals surface area contributed by atoms with E-state index in [9.17, 15) is 9.59 Å². The summed E-state index contributed by atoms with van der Waals surface area (Å²) in [7, 11) is 1.65. The van der Waals surface area contributed by atoms with Gasteiger partial charge in [0.1, 0.15) is 5.75 Å². The zero-order valence-electron chi connectivity index (χ0n) is 19.3. The molecule has 1 aromatic rings. The van der Waals surface area contributed by atoms with Gasteiger partial charge in [-0.25, -0.2) is 4.79 Å². The van der Waals surface area contributed by atoms with Crippen LogP contribution in [-0.2, 0) is 14.9 Å². The van der Waals surface area contributed by atoms with E-state index in [1.807, 2.05) is 49.9 Å². The topological polar surface area (TPSA) is 79.9 Å². The van der Waals surface area contributed by atoms with Gasteiger partial charge < -0.3 is 25.0 Å². The van der Waals surface area contributed by atoms with E-state index in [0.717, 1.165) is 24.2 Å². The molecule has 2 N–H and O–H groups in total. The van der Waals surface area contributed by atoms with Crippen LogP contribution in [0.25, 0.3) is 0 Å². The van der Waals surface area contributed by atoms with Crippen LogP contribution in [0.3, 0.4) is 0 Å². The van der Waals surface area contributed by atoms with Crippen LogP contribution < -0.4 is 15.4 Å². The maximum Gasteiger partial charge on any atom is 0.317 e. The minimum atomic E-state index is -0.627. The fourth-order valence-electron chi connectivity index (χ4n) is 4.52. The zero-order valence-corrected chi connectivity index (χ0v) is 19.3. The summed E-state index contributed by atoms with van der Waals surface area (Å²) in [4.78, 5) is 27.7. The lowest BCUT2D eigenvalue weighted by atomic mass is 9.72. The van der Waals surface area contributed by atoms with Crippen molar-refractivity contribution in [2.45, 2.75) is 57.4 Å². The van der Waals surface area contributed by atoms with E-state index >= 15 is 0 Å². The van der Waals surface area contributed by atoms with Crippen molar-refractivity contribution in [3.05, 3.63) is 29.8 Å². The lowest BCUT2D eigenvalue weighted by molar-refractivity contribution is -0.130. The van der Waals surface area contributed by atoms with E-state index < -0.39 is 5.41 Å². The molecule has 0 atom stereocenters. The average Bonchev–Trinajstić information content (AvgIpc) is 2.77. The van der Waals surface area contributed by atoms with Crippen LogP contribution in [0.5, 0.6) is 5.75 Å². The number of likely N-dealkylation sites (tertiary alicyclic amines) is 1. The highest BCUT2D eigenvalue weighted by Gasteiger charge is 2.43. The third-order valence-corrected chi connectivity index (χ3v) is 6.34. The lowest BCUT2D eigenvalue weighted by Crippen LogP contribution is -2.52. The number of hydrogen-bond acceptors (Lipinski definition) is 4. The van der Waals surface area contributed by atoms with Crippen LogP contribution >= 0.6 is 0 Å². The Morgan fingerprint density at radius 3 is 2.42 bits per heavy atom. The average molecular weight is 432 g/mol. The number of methoxy groups -OCH3 is 1. The van der Waals surface area contributed by atoms with Gasteiger partial charge in [-0.2, -0.15) is 0 Å². The Bertz CT molecular complexity index is 760. The summed E-state index contributed by atoms with van der Waals surface area (Å²) in [6, 6.07) is 7.79. The van der Waals surface area contributed by atoms with Crippen molar-refractivity contribution < 1.29 is 19.1 Å². The molecule has 0 radical (unpaired) electrons. The largest absolute Gasteiger partial charge is 0.496 e. The van der Waals surface area contributed by atoms with E-state index in [1.54, 1.807) is 7.11 Å². The number of amides is 3. The standard InChI is InChI=1S/C24H37N3O4/c1-23(2,3)26-22(29)27-13-9-18(10-14-27)17-25-21(28)24(11-15-31-16-12-24)19-7-5-6-8-20(19)30-4/h5-8,18H,9-17H2,1-4H3,(H,25,28)(H,26,29). The van der Waals surface area contributed by atoms with E-state index in [-0.39, 0.29) is 17.5 Å². The van der Waals surface area contributed by atoms with E-state index in [1.165, 1.54) is 0 Å². The lowest BCUT2D eigenvalue weighted by Gasteiger charge is -2.38. The number of para-hydroxylation sites is 1. The van der Waals surface area contributed by atoms with Crippen molar-refractivity contribution in [1.82, 2.24) is 15.5 Å². The summed E-state index contributed by atoms with van der Waals surface area (Å²) in [6.07, 6.45) is 3.07. The third kappa shape index (κ3) is 5.70. The Morgan fingerprint density at radius 1 is 1.16 bits per heavy atom. The predicted octanol–water partition coefficient (Wildman–Crippen LogP) is 3.08. The Kier molecular flexibility index (Phi) is 7.46. The van der Waals surface area contributed by atoms with Crippen molar-refractivity contribution in [2.75, 3.05) is 40.0 Å². The quantitative estimate of drug-likeness (QED) is 0.751. The van der Waals surface area contributed by atoms with Gasteiger partial charge >= 0.3 is 6.03 Å². The van der Waals surface area contributed by atoms with Crippen LogP contribution in [0.2, 0.25) is 0 Å². The van der Waals surface area contributed by atoms with Gasteiger partial charge in [0, 0.05) is 44.0 Å². The first-order chi connectivity index (χ1) is 14.7. The molecule has 2 heterocycles. The maximum atomic E-state index is 13.5. The van der Waals surface area contributed by atoms with Crippen molar-refractivity contribution in [1.29, 1.82) is 0 Å². The number of nitrogens with one attached hydrogen (secondary N) is 2. The van der Waals surface area contributed by atoms with Crippen LogP contribution in [0, 0.1) is 5.92 Å². The molecule has 31 heavy (non-hydrogen) atoms. The van der Waals surface area contributed by atoms with E-state index in [0.29, 0.717) is 51.6 Å². The number of carbonyl (C=O) groups excluding carboxylic acids is 2. The van der Waals surface area contributed by atoms with Gasteiger partial charge in [-0.1, -0.05) is 18.2 Å². The highest BCUT2D eigenvalue weighted by molar-refractivity contribution is 5.89. The molecule has 2 fully saturated rings. The SMILES string of the molecule is COc1ccccc1C1(C(=O)NCC2CCN(C(=O)NC(C)(C)C)CC2)CCOCC1. The number of urea groups is 1. The molecule has 0 aliphatic carbocycles. The number of benzene rings is 1. The Labute approximate surface area is 185 Å². The van der Waals surface area contributed by atoms with E-state index in [2.05, 4.69) is 10.6 Å². The second-order valence-electron chi connectivity index (χ2n) is 9.72. The highest BCUT2D eigenvalue weighted by atomic mass is 16.5. The highest BCUT2D eigenvalue weighted by Crippen LogP contribution is 2.40. The monoisotopic (exact) mass is 431 g/mol. The van der Waals surface area contributed by atoms with Crippen LogP contribution in [-0.4, -0.2) is 62.3 Å². The summed E-state index contributed by atoms with van der Waals surface area (Å²) < 4.78 is 11.1. The van der Waals surface area contributed by atoms with Gasteiger partial charge in [0.05, 0.1) is 12.5 Å². The molecule has 7 heteroatoms. The summed E-state index contributed by atoms with van der Waals surface area (Å²) >= 11 is 0. The fraction of sp³-hybridized carbons (Fsp3) is 0.667. The number of nitrogens with zero attached hydrogens (tertiary/aromatic N) is 1. The summed E-state index contributed by atoms with van der Waals surface area (Å²) in [5, 5.41) is 6.25. The first-order valence-electron chi connectivity index (χ1n) is 11.3. The maximum absolute atomic E-state index is 13.5. The van der Waals surface area contributed by atoms with Gasteiger partial charge in [-0.15, -0.1) is 0 Å². The van der Waals surface area contributed by atoms with Crippen molar-refractivity contribution in [3.63, 3.8) is 0 Å². The molecular weight excluding hydrogens is 394 g/mol. The molecule has 2 aliphatic heterocycles. The number of rotatable bonds is 5. The van der Waals surface area contributed by atoms with Crippen LogP contribution in [0.4, 0.5) is 4.79 Å². The smallest absolute Gasteiger partial charge is 0.317 e. The normalized spacial score (nSPS) is 19.5. The predicted molar refractivity (Wildman–Crippen MR) is 120 cm³/mol. The van der Waals surface area contributed by atoms with Gasteiger partial charge in [0.25, 0.3) is 0 Å². The second kappa shape index (κ2) is 9.90. The van der Waals surface area contributed by atoms with Crippen LogP contribution in [0.15, 0.2) is 24.3 Å². The first kappa shape index (κ1) is 23.4. The third-order valence-electron chi connectivity index (χ3n) is 6.34. The number of piperidine rings is 1. The van der Waals surface area contributed by atoms with Gasteiger partial charge in [0.2, 0.25) is 5.91 Å². The molecule has 1 aromatic carbocycles. The summed E-state index contributed by atoms with van der Waals surface area (Å²) in [5.74, 6) is 1.17. The molecule has 0 unspecified atom stereocenters. The molecule has 172 valence electrons. The number of hydrogen-bond donors (Lipinski definition) is 2. The van der Waals surface area contributed by atoms with Crippen LogP contribution in [0.1, 0.15) is 52.0 Å². The molecular formula is C24H37N3O4. The Balaban J connectivity index is 1.59. The molecule has 2 aliphatic rings. The van der Waals surface area contributed by atoms with Crippen molar-refractivity contribution in [2.24, 2.45) is 5.92 Å². The molecule has 2 saturated heterocycles. The summed E-state index contributed by atoms with van der Waals surface area (Å²) in [6.45, 7) is 9.15. The Hall–Kier alpha value is -2.28. The molecule has 7 nitrogen and oxygen atoms in total.